The highest BCUT2D eigenvalue weighted by Gasteiger charge is 2.42. The fraction of sp³-hybridized carbons (Fsp3) is 0.225. The van der Waals surface area contributed by atoms with Crippen LogP contribution in [0.5, 0.6) is 0 Å². The predicted molar refractivity (Wildman–Crippen MR) is 187 cm³/mol. The lowest BCUT2D eigenvalue weighted by Crippen LogP contribution is -2.34. The van der Waals surface area contributed by atoms with Crippen LogP contribution in [0.15, 0.2) is 103 Å². The fourth-order valence-corrected chi connectivity index (χ4v) is 5.87. The Morgan fingerprint density at radius 2 is 1.23 bits per heavy atom. The largest absolute Gasteiger partial charge is 0.444 e. The van der Waals surface area contributed by atoms with Crippen molar-refractivity contribution in [2.75, 3.05) is 10.6 Å². The summed E-state index contributed by atoms with van der Waals surface area (Å²) in [6.45, 7) is 5.61. The van der Waals surface area contributed by atoms with E-state index in [0.29, 0.717) is 28.8 Å². The average Bonchev–Trinajstić information content (AvgIpc) is 3.10. The third-order valence-corrected chi connectivity index (χ3v) is 8.78. The molecule has 0 saturated heterocycles. The Bertz CT molecular complexity index is 2060. The molecule has 1 aromatic heterocycles. The van der Waals surface area contributed by atoms with Gasteiger partial charge in [-0.25, -0.2) is 9.78 Å². The summed E-state index contributed by atoms with van der Waals surface area (Å²) in [7, 11) is 0. The minimum absolute atomic E-state index is 0.0145. The molecular formula is C40H35F6N3O3. The van der Waals surface area contributed by atoms with Crippen molar-refractivity contribution in [3.8, 4) is 11.1 Å². The Kier molecular flexibility index (Phi) is 10.5. The van der Waals surface area contributed by atoms with E-state index in [2.05, 4.69) is 4.98 Å². The van der Waals surface area contributed by atoms with Crippen LogP contribution >= 0.6 is 0 Å². The lowest BCUT2D eigenvalue weighted by atomic mass is 9.74. The molecule has 0 bridgehead atoms. The molecule has 0 spiro atoms. The number of amides is 1. The van der Waals surface area contributed by atoms with E-state index in [4.69, 9.17) is 10.5 Å². The Hall–Kier alpha value is -5.65. The van der Waals surface area contributed by atoms with Crippen LogP contribution in [0.25, 0.3) is 11.1 Å². The number of nitrogen functional groups attached to an aromatic ring is 1. The van der Waals surface area contributed by atoms with Gasteiger partial charge in [-0.3, -0.25) is 9.69 Å². The first kappa shape index (κ1) is 37.6. The number of rotatable bonds is 9. The number of alkyl halides is 6. The van der Waals surface area contributed by atoms with Crippen LogP contribution in [0.3, 0.4) is 0 Å². The molecule has 6 nitrogen and oxygen atoms in total. The molecule has 4 aromatic carbocycles. The molecule has 270 valence electrons. The average molecular weight is 720 g/mol. The van der Waals surface area contributed by atoms with Gasteiger partial charge in [-0.1, -0.05) is 84.9 Å². The van der Waals surface area contributed by atoms with E-state index in [9.17, 15) is 35.9 Å². The highest BCUT2D eigenvalue weighted by Crippen LogP contribution is 2.44. The summed E-state index contributed by atoms with van der Waals surface area (Å²) in [4.78, 5) is 34.4. The topological polar surface area (TPSA) is 85.5 Å². The first-order chi connectivity index (χ1) is 24.4. The highest BCUT2D eigenvalue weighted by atomic mass is 19.4. The monoisotopic (exact) mass is 719 g/mol. The first-order valence-electron chi connectivity index (χ1n) is 16.1. The molecule has 5 aromatic rings. The number of pyridine rings is 1. The number of nitrogens with two attached hydrogens (primary N) is 1. The number of Topliss-reactive ketones (excluding diaryl/α,β-unsaturated/α-hetero) is 1. The zero-order valence-electron chi connectivity index (χ0n) is 28.7. The molecule has 0 radical (unpaired) electrons. The standard InChI is InChI=1S/C40H35F6N3O3/c1-24-13-11-12-18-31(24)33-32(35(50)38(3,4)28-19-29(39(41,42)43)21-30(20-28)40(44,45)46)25(2)48-36(34(33)47)49(22-26-14-7-5-8-15-26)37(51)52-23-27-16-9-6-10-17-27/h5-21H,22-23,47H2,1-4H3. The van der Waals surface area contributed by atoms with Crippen molar-refractivity contribution in [2.24, 2.45) is 0 Å². The lowest BCUT2D eigenvalue weighted by molar-refractivity contribution is -0.143. The van der Waals surface area contributed by atoms with E-state index in [1.165, 1.54) is 25.7 Å². The van der Waals surface area contributed by atoms with Gasteiger partial charge in [-0.15, -0.1) is 0 Å². The molecule has 0 saturated carbocycles. The Balaban J connectivity index is 1.71. The first-order valence-corrected chi connectivity index (χ1v) is 16.1. The molecular weight excluding hydrogens is 684 g/mol. The second-order valence-corrected chi connectivity index (χ2v) is 12.9. The molecule has 0 unspecified atom stereocenters. The smallest absolute Gasteiger partial charge is 0.416 e. The van der Waals surface area contributed by atoms with Gasteiger partial charge in [0, 0.05) is 11.1 Å². The van der Waals surface area contributed by atoms with Crippen LogP contribution < -0.4 is 10.6 Å². The zero-order chi connectivity index (χ0) is 38.0. The maximum atomic E-state index is 14.7. The van der Waals surface area contributed by atoms with Gasteiger partial charge in [0.15, 0.2) is 11.6 Å². The van der Waals surface area contributed by atoms with Crippen molar-refractivity contribution in [1.29, 1.82) is 0 Å². The van der Waals surface area contributed by atoms with E-state index in [1.54, 1.807) is 85.8 Å². The van der Waals surface area contributed by atoms with Crippen LogP contribution in [-0.4, -0.2) is 16.9 Å². The molecule has 52 heavy (non-hydrogen) atoms. The number of hydrogen-bond acceptors (Lipinski definition) is 5. The molecule has 0 aliphatic rings. The summed E-state index contributed by atoms with van der Waals surface area (Å²) < 4.78 is 88.9. The summed E-state index contributed by atoms with van der Waals surface area (Å²) in [6, 6.07) is 25.9. The van der Waals surface area contributed by atoms with Crippen LogP contribution in [-0.2, 0) is 35.7 Å². The number of anilines is 2. The van der Waals surface area contributed by atoms with E-state index in [0.717, 1.165) is 5.56 Å². The summed E-state index contributed by atoms with van der Waals surface area (Å²) in [5, 5.41) is 0. The number of aryl methyl sites for hydroxylation is 2. The maximum Gasteiger partial charge on any atom is 0.416 e. The second-order valence-electron chi connectivity index (χ2n) is 12.9. The number of carbonyl (C=O) groups excluding carboxylic acids is 2. The molecule has 0 aliphatic carbocycles. The summed E-state index contributed by atoms with van der Waals surface area (Å²) in [5.74, 6) is -0.881. The molecule has 1 heterocycles. The van der Waals surface area contributed by atoms with Gasteiger partial charge in [0.2, 0.25) is 0 Å². The number of nitrogens with zero attached hydrogens (tertiary/aromatic N) is 2. The molecule has 0 atom stereocenters. The molecule has 2 N–H and O–H groups in total. The van der Waals surface area contributed by atoms with Crippen molar-refractivity contribution in [1.82, 2.24) is 4.98 Å². The van der Waals surface area contributed by atoms with Crippen LogP contribution in [0.2, 0.25) is 0 Å². The fourth-order valence-electron chi connectivity index (χ4n) is 5.87. The molecule has 12 heteroatoms. The number of ether oxygens (including phenoxy) is 1. The third-order valence-electron chi connectivity index (χ3n) is 8.78. The minimum atomic E-state index is -5.12. The van der Waals surface area contributed by atoms with Crippen molar-refractivity contribution in [2.45, 2.75) is 58.6 Å². The molecule has 1 amide bonds. The zero-order valence-corrected chi connectivity index (χ0v) is 28.7. The van der Waals surface area contributed by atoms with Gasteiger partial charge >= 0.3 is 18.4 Å². The number of carbonyl (C=O) groups is 2. The Morgan fingerprint density at radius 3 is 1.77 bits per heavy atom. The van der Waals surface area contributed by atoms with Gasteiger partial charge in [0.05, 0.1) is 34.5 Å². The van der Waals surface area contributed by atoms with E-state index >= 15 is 0 Å². The maximum absolute atomic E-state index is 14.7. The third kappa shape index (κ3) is 7.96. The second kappa shape index (κ2) is 14.5. The summed E-state index contributed by atoms with van der Waals surface area (Å²) in [6.07, 6.45) is -11.0. The van der Waals surface area contributed by atoms with Gasteiger partial charge < -0.3 is 10.5 Å². The Labute approximate surface area is 296 Å². The van der Waals surface area contributed by atoms with Crippen LogP contribution in [0, 0.1) is 13.8 Å². The predicted octanol–water partition coefficient (Wildman–Crippen LogP) is 10.5. The van der Waals surface area contributed by atoms with Crippen molar-refractivity contribution in [3.63, 3.8) is 0 Å². The van der Waals surface area contributed by atoms with Crippen molar-refractivity contribution in [3.05, 3.63) is 148 Å². The minimum Gasteiger partial charge on any atom is -0.444 e. The lowest BCUT2D eigenvalue weighted by Gasteiger charge is -2.30. The van der Waals surface area contributed by atoms with Gasteiger partial charge in [-0.2, -0.15) is 26.3 Å². The number of aromatic nitrogens is 1. The highest BCUT2D eigenvalue weighted by molar-refractivity contribution is 6.12. The van der Waals surface area contributed by atoms with Crippen molar-refractivity contribution < 1.29 is 40.7 Å². The van der Waals surface area contributed by atoms with Gasteiger partial charge in [0.25, 0.3) is 0 Å². The quantitative estimate of drug-likeness (QED) is 0.121. The Morgan fingerprint density at radius 1 is 0.731 bits per heavy atom. The van der Waals surface area contributed by atoms with Crippen LogP contribution in [0.1, 0.15) is 63.3 Å². The van der Waals surface area contributed by atoms with Gasteiger partial charge in [-0.05, 0) is 73.7 Å². The van der Waals surface area contributed by atoms with E-state index in [1.807, 2.05) is 6.07 Å². The van der Waals surface area contributed by atoms with Crippen LogP contribution in [0.4, 0.5) is 42.6 Å². The summed E-state index contributed by atoms with van der Waals surface area (Å²) >= 11 is 0. The molecule has 5 rings (SSSR count). The van der Waals surface area contributed by atoms with E-state index in [-0.39, 0.29) is 47.5 Å². The normalized spacial score (nSPS) is 12.0. The van der Waals surface area contributed by atoms with Crippen molar-refractivity contribution >= 4 is 23.4 Å². The molecule has 0 aliphatic heterocycles. The number of ketones is 1. The number of halogens is 6. The summed E-state index contributed by atoms with van der Waals surface area (Å²) in [5.41, 5.74) is 3.76. The van der Waals surface area contributed by atoms with Gasteiger partial charge in [0.1, 0.15) is 6.61 Å². The SMILES string of the molecule is Cc1ccccc1-c1c(N)c(N(Cc2ccccc2)C(=O)OCc2ccccc2)nc(C)c1C(=O)C(C)(C)c1cc(C(F)(F)F)cc(C(F)(F)F)c1. The number of benzene rings is 4. The molecule has 0 fully saturated rings. The number of hydrogen-bond donors (Lipinski definition) is 1. The van der Waals surface area contributed by atoms with E-state index < -0.39 is 46.3 Å².